The molecule has 0 radical (unpaired) electrons. The van der Waals surface area contributed by atoms with Crippen LogP contribution in [0.1, 0.15) is 101 Å². The molecule has 0 unspecified atom stereocenters. The Balaban J connectivity index is 0.908. The number of rotatable bonds is 19. The summed E-state index contributed by atoms with van der Waals surface area (Å²) < 4.78 is 5.79. The number of nitrogens with one attached hydrogen (secondary N) is 3. The maximum atomic E-state index is 14.0. The van der Waals surface area contributed by atoms with E-state index in [9.17, 15) is 33.9 Å². The van der Waals surface area contributed by atoms with Gasteiger partial charge in [-0.25, -0.2) is 4.98 Å². The molecule has 0 aliphatic carbocycles. The molecular formula is C49H64N8O8S. The van der Waals surface area contributed by atoms with Gasteiger partial charge in [-0.2, -0.15) is 0 Å². The highest BCUT2D eigenvalue weighted by molar-refractivity contribution is 7.13. The van der Waals surface area contributed by atoms with E-state index in [2.05, 4.69) is 32.8 Å². The summed E-state index contributed by atoms with van der Waals surface area (Å²) in [5, 5.41) is 19.4. The fourth-order valence-electron chi connectivity index (χ4n) is 8.75. The number of para-hydroxylation sites is 1. The number of aliphatic hydroxyl groups is 1. The lowest BCUT2D eigenvalue weighted by Gasteiger charge is -2.35. The third-order valence-electron chi connectivity index (χ3n) is 12.4. The molecule has 8 N–H and O–H groups in total. The summed E-state index contributed by atoms with van der Waals surface area (Å²) in [4.78, 5) is 87.5. The maximum Gasteiger partial charge on any atom is 0.246 e. The minimum atomic E-state index is -0.909. The van der Waals surface area contributed by atoms with Crippen molar-refractivity contribution in [3.8, 4) is 22.3 Å². The topological polar surface area (TPSA) is 239 Å². The number of anilines is 1. The van der Waals surface area contributed by atoms with Crippen molar-refractivity contribution in [1.29, 1.82) is 0 Å². The van der Waals surface area contributed by atoms with Crippen LogP contribution in [0.3, 0.4) is 0 Å². The lowest BCUT2D eigenvalue weighted by molar-refractivity contribution is -0.144. The van der Waals surface area contributed by atoms with E-state index in [1.54, 1.807) is 16.2 Å². The fraction of sp³-hybridized carbons (Fsp3) is 0.531. The van der Waals surface area contributed by atoms with Crippen LogP contribution in [-0.2, 0) is 52.9 Å². The van der Waals surface area contributed by atoms with Gasteiger partial charge >= 0.3 is 0 Å². The van der Waals surface area contributed by atoms with Gasteiger partial charge < -0.3 is 42.2 Å². The number of thiazole rings is 1. The summed E-state index contributed by atoms with van der Waals surface area (Å²) in [6, 6.07) is 9.90. The predicted octanol–water partition coefficient (Wildman–Crippen LogP) is 3.18. The van der Waals surface area contributed by atoms with E-state index < -0.39 is 53.5 Å². The number of carbonyl (C=O) groups is 6. The van der Waals surface area contributed by atoms with Crippen molar-refractivity contribution in [2.75, 3.05) is 24.7 Å². The molecule has 0 bridgehead atoms. The van der Waals surface area contributed by atoms with Gasteiger partial charge in [-0.05, 0) is 66.7 Å². The predicted molar refractivity (Wildman–Crippen MR) is 251 cm³/mol. The van der Waals surface area contributed by atoms with Gasteiger partial charge in [0, 0.05) is 45.2 Å². The number of likely N-dealkylation sites (tertiary alicyclic amines) is 1. The van der Waals surface area contributed by atoms with Crippen LogP contribution < -0.4 is 32.3 Å². The quantitative estimate of drug-likeness (QED) is 0.0759. The molecule has 17 heteroatoms. The largest absolute Gasteiger partial charge is 0.391 e. The number of primary amides is 1. The summed E-state index contributed by atoms with van der Waals surface area (Å²) in [7, 11) is 0. The number of aliphatic hydroxyl groups excluding tert-OH is 1. The summed E-state index contributed by atoms with van der Waals surface area (Å²) >= 11 is 1.57. The molecule has 3 aliphatic heterocycles. The number of amides is 6. The Morgan fingerprint density at radius 2 is 1.74 bits per heavy atom. The van der Waals surface area contributed by atoms with Crippen molar-refractivity contribution < 1.29 is 38.6 Å². The number of unbranched alkanes of at least 4 members (excludes halogenated alkanes) is 3. The number of aryl methyl sites for hydroxylation is 2. The first-order valence-electron chi connectivity index (χ1n) is 22.9. The van der Waals surface area contributed by atoms with Gasteiger partial charge in [-0.1, -0.05) is 75.6 Å². The van der Waals surface area contributed by atoms with E-state index >= 15 is 0 Å². The van der Waals surface area contributed by atoms with E-state index in [0.29, 0.717) is 32.1 Å². The standard InChI is InChI=1S/C49H64N8O8S/c1-30-43(66-29-53-30)33-17-15-31(16-18-33)26-52-45(61)38-25-36(58)27-56(38)48(64)44(49(2,3)4)55-41(60)14-9-7-5-6-8-10-23-65-28-35(20-22-40(51)59)54-46(62)39-24-34-13-11-12-32-19-21-37(50)47(63)57(39)42(32)34/h11-13,15-18,29,35-39,44,58H,5-7,9,14,19-28,50H2,1-4H3,(H2,51,59)(H,52,61)(H,54,62)(H,55,60)/t35-,36+,37-,38-,39-,44+/m0/s1. The molecule has 6 atom stereocenters. The zero-order valence-electron chi connectivity index (χ0n) is 38.4. The Morgan fingerprint density at radius 1 is 0.985 bits per heavy atom. The number of aromatic nitrogens is 1. The van der Waals surface area contributed by atoms with Crippen molar-refractivity contribution >= 4 is 52.5 Å². The van der Waals surface area contributed by atoms with E-state index in [-0.39, 0.29) is 75.6 Å². The monoisotopic (exact) mass is 924 g/mol. The van der Waals surface area contributed by atoms with Crippen molar-refractivity contribution in [1.82, 2.24) is 25.8 Å². The molecule has 66 heavy (non-hydrogen) atoms. The second-order valence-electron chi connectivity index (χ2n) is 18.6. The second kappa shape index (κ2) is 22.7. The smallest absolute Gasteiger partial charge is 0.246 e. The number of hydrogen-bond acceptors (Lipinski definition) is 11. The van der Waals surface area contributed by atoms with Crippen LogP contribution in [0.4, 0.5) is 5.69 Å². The van der Waals surface area contributed by atoms with Gasteiger partial charge in [0.05, 0.1) is 46.6 Å². The number of nitrogens with two attached hydrogens (primary N) is 2. The fourth-order valence-corrected chi connectivity index (χ4v) is 9.57. The number of carbonyl (C=O) groups excluding carboxylic acids is 6. The molecule has 0 saturated carbocycles. The molecule has 354 valence electrons. The highest BCUT2D eigenvalue weighted by atomic mass is 32.1. The van der Waals surface area contributed by atoms with Gasteiger partial charge in [-0.3, -0.25) is 33.7 Å². The molecule has 6 rings (SSSR count). The average molecular weight is 925 g/mol. The van der Waals surface area contributed by atoms with Gasteiger partial charge in [0.1, 0.15) is 24.7 Å². The first-order valence-corrected chi connectivity index (χ1v) is 23.8. The summed E-state index contributed by atoms with van der Waals surface area (Å²) in [6.45, 7) is 7.97. The third kappa shape index (κ3) is 12.8. The third-order valence-corrected chi connectivity index (χ3v) is 13.3. The van der Waals surface area contributed by atoms with Crippen LogP contribution in [0.5, 0.6) is 0 Å². The molecule has 1 saturated heterocycles. The first kappa shape index (κ1) is 49.8. The van der Waals surface area contributed by atoms with Crippen LogP contribution in [0.2, 0.25) is 0 Å². The Kier molecular flexibility index (Phi) is 17.1. The molecule has 3 aliphatic rings. The molecule has 0 spiro atoms. The van der Waals surface area contributed by atoms with E-state index in [1.165, 1.54) is 4.90 Å². The Morgan fingerprint density at radius 3 is 2.45 bits per heavy atom. The molecule has 16 nitrogen and oxygen atoms in total. The number of β-amino-alcohol motifs (C(OH)–C–C–N with tert-alkyl or cyclic N) is 1. The van der Waals surface area contributed by atoms with Gasteiger partial charge in [-0.15, -0.1) is 17.3 Å². The minimum Gasteiger partial charge on any atom is -0.391 e. The normalized spacial score (nSPS) is 19.8. The molecule has 2 aromatic carbocycles. The molecule has 1 fully saturated rings. The van der Waals surface area contributed by atoms with Crippen LogP contribution in [-0.4, -0.2) is 107 Å². The maximum absolute atomic E-state index is 14.0. The average Bonchev–Trinajstić information content (AvgIpc) is 4.00. The lowest BCUT2D eigenvalue weighted by Crippen LogP contribution is -2.57. The minimum absolute atomic E-state index is 0.00450. The Bertz CT molecular complexity index is 2300. The number of ether oxygens (including phenoxy) is 1. The summed E-state index contributed by atoms with van der Waals surface area (Å²) in [5.74, 6) is 3.87. The van der Waals surface area contributed by atoms with Crippen LogP contribution in [0.25, 0.3) is 10.4 Å². The Labute approximate surface area is 391 Å². The SMILES string of the molecule is Cc1ncsc1-c1ccc(CNC(=O)[C@@H]2C[C@@H](O)CN2C(=O)[C@@H](NC(=O)CCCCCC#CCOC[C@H](CCC(N)=O)NC(=O)[C@@H]2Cc3cccc4c3N2C(=O)[C@@H](N)CC4)C(C)(C)C)cc1. The molecule has 4 heterocycles. The number of nitrogens with zero attached hydrogens (tertiary/aromatic N) is 3. The van der Waals surface area contributed by atoms with Gasteiger partial charge in [0.15, 0.2) is 0 Å². The molecule has 1 aromatic heterocycles. The Hall–Kier alpha value is -5.67. The number of hydrogen-bond donors (Lipinski definition) is 6. The van der Waals surface area contributed by atoms with Crippen molar-refractivity contribution in [2.45, 2.75) is 141 Å². The van der Waals surface area contributed by atoms with Crippen LogP contribution >= 0.6 is 11.3 Å². The van der Waals surface area contributed by atoms with Crippen molar-refractivity contribution in [2.24, 2.45) is 16.9 Å². The molecule has 6 amide bonds. The van der Waals surface area contributed by atoms with Crippen LogP contribution in [0, 0.1) is 24.2 Å². The summed E-state index contributed by atoms with van der Waals surface area (Å²) in [5.41, 5.74) is 18.3. The van der Waals surface area contributed by atoms with Crippen molar-refractivity contribution in [3.05, 3.63) is 70.4 Å². The highest BCUT2D eigenvalue weighted by Crippen LogP contribution is 2.39. The zero-order valence-corrected chi connectivity index (χ0v) is 39.2. The van der Waals surface area contributed by atoms with E-state index in [0.717, 1.165) is 51.4 Å². The first-order chi connectivity index (χ1) is 31.5. The zero-order chi connectivity index (χ0) is 47.5. The lowest BCUT2D eigenvalue weighted by atomic mass is 9.85. The summed E-state index contributed by atoms with van der Waals surface area (Å²) in [6.07, 6.45) is 3.88. The molecule has 3 aromatic rings. The van der Waals surface area contributed by atoms with Gasteiger partial charge in [0.25, 0.3) is 0 Å². The van der Waals surface area contributed by atoms with E-state index in [1.807, 2.05) is 75.7 Å². The molecular weight excluding hydrogens is 861 g/mol. The van der Waals surface area contributed by atoms with Gasteiger partial charge in [0.2, 0.25) is 35.4 Å². The van der Waals surface area contributed by atoms with Crippen LogP contribution in [0.15, 0.2) is 48.0 Å². The van der Waals surface area contributed by atoms with Crippen molar-refractivity contribution in [3.63, 3.8) is 0 Å². The van der Waals surface area contributed by atoms with E-state index in [4.69, 9.17) is 16.2 Å². The second-order valence-corrected chi connectivity index (χ2v) is 19.4. The highest BCUT2D eigenvalue weighted by Gasteiger charge is 2.45. The number of benzene rings is 2.